The summed E-state index contributed by atoms with van der Waals surface area (Å²) in [7, 11) is 0. The van der Waals surface area contributed by atoms with Crippen molar-refractivity contribution in [3.8, 4) is 11.4 Å². The Morgan fingerprint density at radius 1 is 1.21 bits per heavy atom. The second-order valence-electron chi connectivity index (χ2n) is 9.31. The number of anilines is 1. The van der Waals surface area contributed by atoms with E-state index in [0.29, 0.717) is 29.3 Å². The fourth-order valence-electron chi connectivity index (χ4n) is 4.01. The van der Waals surface area contributed by atoms with Crippen molar-refractivity contribution in [1.82, 2.24) is 20.3 Å². The fourth-order valence-corrected chi connectivity index (χ4v) is 4.01. The number of ether oxygens (including phenoxy) is 1. The molecule has 2 unspecified atom stereocenters. The molecule has 0 fully saturated rings. The van der Waals surface area contributed by atoms with Crippen LogP contribution < -0.4 is 10.6 Å². The molecular formula is C24H29FN6O2. The molecule has 1 amide bonds. The highest BCUT2D eigenvalue weighted by Crippen LogP contribution is 2.34. The van der Waals surface area contributed by atoms with Crippen molar-refractivity contribution in [2.75, 3.05) is 5.32 Å². The minimum Gasteiger partial charge on any atom is -0.444 e. The molecule has 1 aliphatic heterocycles. The summed E-state index contributed by atoms with van der Waals surface area (Å²) >= 11 is 0. The molecule has 33 heavy (non-hydrogen) atoms. The van der Waals surface area contributed by atoms with Crippen molar-refractivity contribution >= 4 is 17.9 Å². The summed E-state index contributed by atoms with van der Waals surface area (Å²) in [6, 6.07) is 3.30. The Balaban J connectivity index is 1.60. The van der Waals surface area contributed by atoms with Gasteiger partial charge in [-0.2, -0.15) is 4.98 Å². The molecule has 0 saturated carbocycles. The van der Waals surface area contributed by atoms with Crippen molar-refractivity contribution in [3.63, 3.8) is 0 Å². The summed E-state index contributed by atoms with van der Waals surface area (Å²) < 4.78 is 21.1. The van der Waals surface area contributed by atoms with E-state index < -0.39 is 11.7 Å². The van der Waals surface area contributed by atoms with Crippen LogP contribution in [0.1, 0.15) is 64.1 Å². The molecule has 2 aliphatic rings. The number of halogens is 1. The molecule has 4 rings (SSSR count). The summed E-state index contributed by atoms with van der Waals surface area (Å²) in [5.41, 5.74) is 1.05. The van der Waals surface area contributed by atoms with Crippen LogP contribution in [0.25, 0.3) is 11.4 Å². The van der Waals surface area contributed by atoms with Crippen LogP contribution in [0.4, 0.5) is 15.1 Å². The minimum atomic E-state index is -0.602. The van der Waals surface area contributed by atoms with E-state index in [2.05, 4.69) is 30.6 Å². The standard InChI is InChI=1S/C24H29FN6O2/c1-14-9-12-19(28-14)30-22-27-13-26-21(31-22)17-11-10-15-16(20(17)25)7-5-6-8-18(15)29-23(32)33-24(2,3)4/h9-14,18H,5-8H2,1-4H3,(H,29,32)(H,26,27,28,30,31). The Kier molecular flexibility index (Phi) is 6.40. The van der Waals surface area contributed by atoms with Crippen molar-refractivity contribution in [2.45, 2.75) is 71.1 Å². The van der Waals surface area contributed by atoms with Gasteiger partial charge in [0.25, 0.3) is 0 Å². The van der Waals surface area contributed by atoms with Gasteiger partial charge in [0, 0.05) is 0 Å². The van der Waals surface area contributed by atoms with Crippen LogP contribution in [0.15, 0.2) is 35.6 Å². The van der Waals surface area contributed by atoms with E-state index in [0.717, 1.165) is 24.8 Å². The predicted molar refractivity (Wildman–Crippen MR) is 125 cm³/mol. The lowest BCUT2D eigenvalue weighted by Crippen LogP contribution is -2.35. The molecule has 1 aliphatic carbocycles. The normalized spacial score (nSPS) is 20.0. The highest BCUT2D eigenvalue weighted by Gasteiger charge is 2.27. The van der Waals surface area contributed by atoms with Crippen LogP contribution in [-0.2, 0) is 11.2 Å². The molecule has 0 saturated heterocycles. The topological polar surface area (TPSA) is 101 Å². The molecule has 1 aromatic carbocycles. The van der Waals surface area contributed by atoms with Crippen LogP contribution in [0.3, 0.4) is 0 Å². The number of fused-ring (bicyclic) bond motifs is 1. The molecule has 8 nitrogen and oxygen atoms in total. The highest BCUT2D eigenvalue weighted by molar-refractivity contribution is 6.04. The third-order valence-electron chi connectivity index (χ3n) is 5.44. The maximum Gasteiger partial charge on any atom is 0.408 e. The van der Waals surface area contributed by atoms with Crippen molar-refractivity contribution < 1.29 is 13.9 Å². The summed E-state index contributed by atoms with van der Waals surface area (Å²) in [6.07, 6.45) is 7.66. The SMILES string of the molecule is CC1C=CC(Nc2ncnc(-c3ccc4c(c3F)CCCCC4NC(=O)OC(C)(C)C)n2)=N1. The van der Waals surface area contributed by atoms with Gasteiger partial charge in [0.05, 0.1) is 17.6 Å². The molecule has 0 radical (unpaired) electrons. The number of carbonyl (C=O) groups is 1. The number of aromatic nitrogens is 3. The molecular weight excluding hydrogens is 423 g/mol. The van der Waals surface area contributed by atoms with E-state index in [4.69, 9.17) is 4.74 Å². The van der Waals surface area contributed by atoms with Gasteiger partial charge in [0.1, 0.15) is 23.6 Å². The molecule has 2 N–H and O–H groups in total. The van der Waals surface area contributed by atoms with Gasteiger partial charge in [-0.1, -0.05) is 18.6 Å². The van der Waals surface area contributed by atoms with E-state index in [1.54, 1.807) is 6.07 Å². The van der Waals surface area contributed by atoms with E-state index in [-0.39, 0.29) is 23.7 Å². The second kappa shape index (κ2) is 9.25. The van der Waals surface area contributed by atoms with Crippen LogP contribution in [0.5, 0.6) is 0 Å². The number of nitrogens with zero attached hydrogens (tertiary/aromatic N) is 4. The van der Waals surface area contributed by atoms with Gasteiger partial charge in [-0.25, -0.2) is 19.2 Å². The minimum absolute atomic E-state index is 0.0954. The highest BCUT2D eigenvalue weighted by atomic mass is 19.1. The lowest BCUT2D eigenvalue weighted by Gasteiger charge is -2.24. The number of amidine groups is 1. The number of hydrogen-bond acceptors (Lipinski definition) is 7. The number of amides is 1. The monoisotopic (exact) mass is 452 g/mol. The quantitative estimate of drug-likeness (QED) is 0.653. The number of hydrogen-bond donors (Lipinski definition) is 2. The molecule has 9 heteroatoms. The molecule has 0 spiro atoms. The number of carbonyl (C=O) groups excluding carboxylic acids is 1. The lowest BCUT2D eigenvalue weighted by molar-refractivity contribution is 0.0501. The van der Waals surface area contributed by atoms with Crippen LogP contribution in [-0.4, -0.2) is 38.5 Å². The average molecular weight is 453 g/mol. The van der Waals surface area contributed by atoms with Crippen LogP contribution >= 0.6 is 0 Å². The van der Waals surface area contributed by atoms with Gasteiger partial charge in [-0.15, -0.1) is 0 Å². The summed E-state index contributed by atoms with van der Waals surface area (Å²) in [6.45, 7) is 7.41. The zero-order valence-corrected chi connectivity index (χ0v) is 19.4. The number of rotatable bonds is 3. The van der Waals surface area contributed by atoms with E-state index in [1.807, 2.05) is 45.9 Å². The Labute approximate surface area is 192 Å². The fraction of sp³-hybridized carbons (Fsp3) is 0.458. The van der Waals surface area contributed by atoms with E-state index >= 15 is 4.39 Å². The zero-order valence-electron chi connectivity index (χ0n) is 19.4. The largest absolute Gasteiger partial charge is 0.444 e. The van der Waals surface area contributed by atoms with Gasteiger partial charge in [-0.3, -0.25) is 4.99 Å². The Hall–Kier alpha value is -3.36. The van der Waals surface area contributed by atoms with Gasteiger partial charge in [0.2, 0.25) is 5.95 Å². The number of aliphatic imine (C=N–C) groups is 1. The molecule has 2 heterocycles. The predicted octanol–water partition coefficient (Wildman–Crippen LogP) is 4.74. The first-order chi connectivity index (χ1) is 15.7. The lowest BCUT2D eigenvalue weighted by atomic mass is 9.95. The third kappa shape index (κ3) is 5.53. The van der Waals surface area contributed by atoms with Gasteiger partial charge >= 0.3 is 6.09 Å². The van der Waals surface area contributed by atoms with Crippen molar-refractivity contribution in [1.29, 1.82) is 0 Å². The Morgan fingerprint density at radius 3 is 2.76 bits per heavy atom. The first-order valence-corrected chi connectivity index (χ1v) is 11.2. The van der Waals surface area contributed by atoms with E-state index in [9.17, 15) is 4.79 Å². The number of benzene rings is 1. The third-order valence-corrected chi connectivity index (χ3v) is 5.44. The van der Waals surface area contributed by atoms with Crippen molar-refractivity contribution in [3.05, 3.63) is 47.6 Å². The first kappa shape index (κ1) is 22.8. The summed E-state index contributed by atoms with van der Waals surface area (Å²) in [4.78, 5) is 29.5. The second-order valence-corrected chi connectivity index (χ2v) is 9.31. The molecule has 1 aromatic heterocycles. The maximum absolute atomic E-state index is 15.7. The number of nitrogens with one attached hydrogen (secondary N) is 2. The molecule has 0 bridgehead atoms. The zero-order chi connectivity index (χ0) is 23.6. The summed E-state index contributed by atoms with van der Waals surface area (Å²) in [5, 5.41) is 5.95. The van der Waals surface area contributed by atoms with Gasteiger partial charge < -0.3 is 15.4 Å². The maximum atomic E-state index is 15.7. The molecule has 174 valence electrons. The smallest absolute Gasteiger partial charge is 0.408 e. The summed E-state index contributed by atoms with van der Waals surface area (Å²) in [5.74, 6) is 0.827. The van der Waals surface area contributed by atoms with Crippen molar-refractivity contribution in [2.24, 2.45) is 4.99 Å². The number of alkyl carbamates (subject to hydrolysis) is 1. The average Bonchev–Trinajstić information content (AvgIpc) is 3.02. The molecule has 2 aromatic rings. The van der Waals surface area contributed by atoms with Gasteiger partial charge in [-0.05, 0) is 70.2 Å². The first-order valence-electron chi connectivity index (χ1n) is 11.2. The Bertz CT molecular complexity index is 1110. The Morgan fingerprint density at radius 2 is 2.03 bits per heavy atom. The van der Waals surface area contributed by atoms with Crippen LogP contribution in [0.2, 0.25) is 0 Å². The molecule has 2 atom stereocenters. The van der Waals surface area contributed by atoms with Gasteiger partial charge in [0.15, 0.2) is 5.82 Å². The van der Waals surface area contributed by atoms with E-state index in [1.165, 1.54) is 6.33 Å². The van der Waals surface area contributed by atoms with Crippen LogP contribution in [0, 0.1) is 5.82 Å².